The van der Waals surface area contributed by atoms with Crippen molar-refractivity contribution in [1.82, 2.24) is 25.1 Å². The van der Waals surface area contributed by atoms with Crippen LogP contribution in [0.25, 0.3) is 0 Å². The molecule has 2 heterocycles. The maximum Gasteiger partial charge on any atom is 0.264 e. The second-order valence-electron chi connectivity index (χ2n) is 7.01. The van der Waals surface area contributed by atoms with Gasteiger partial charge in [-0.1, -0.05) is 71.6 Å². The van der Waals surface area contributed by atoms with Crippen molar-refractivity contribution in [3.8, 4) is 0 Å². The molecule has 4 rings (SSSR count). The summed E-state index contributed by atoms with van der Waals surface area (Å²) in [5.41, 5.74) is 5.20. The lowest BCUT2D eigenvalue weighted by molar-refractivity contribution is -0.113. The van der Waals surface area contributed by atoms with Gasteiger partial charge < -0.3 is 5.84 Å². The molecule has 1 aromatic carbocycles. The Bertz CT molecular complexity index is 1060. The zero-order chi connectivity index (χ0) is 22.2. The third kappa shape index (κ3) is 6.43. The number of nitrogens with zero attached hydrogens (tertiary/aromatic N) is 6. The molecule has 13 heteroatoms. The van der Waals surface area contributed by atoms with Crippen LogP contribution in [-0.2, 0) is 10.5 Å². The molecule has 32 heavy (non-hydrogen) atoms. The Labute approximate surface area is 197 Å². The van der Waals surface area contributed by atoms with Gasteiger partial charge in [0, 0.05) is 11.5 Å². The van der Waals surface area contributed by atoms with Gasteiger partial charge in [0.1, 0.15) is 0 Å². The number of carbonyl (C=O) groups excluding carboxylic acids is 1. The number of nitrogens with two attached hydrogens (primary N) is 1. The second kappa shape index (κ2) is 11.3. The molecule has 1 aliphatic rings. The molecule has 2 aromatic heterocycles. The Balaban J connectivity index is 1.23. The molecule has 0 aliphatic heterocycles. The molecule has 1 amide bonds. The van der Waals surface area contributed by atoms with Crippen molar-refractivity contribution in [2.75, 3.05) is 22.3 Å². The number of anilines is 2. The molecule has 1 aliphatic carbocycles. The number of benzene rings is 1. The third-order valence-corrected chi connectivity index (χ3v) is 7.59. The van der Waals surface area contributed by atoms with Crippen LogP contribution in [0, 0.1) is 0 Å². The van der Waals surface area contributed by atoms with E-state index in [0.717, 1.165) is 41.5 Å². The summed E-state index contributed by atoms with van der Waals surface area (Å²) in [5, 5.41) is 24.2. The molecule has 0 atom stereocenters. The van der Waals surface area contributed by atoms with Crippen LogP contribution in [0.4, 0.5) is 11.1 Å². The average Bonchev–Trinajstić information content (AvgIpc) is 3.42. The summed E-state index contributed by atoms with van der Waals surface area (Å²) in [7, 11) is 0. The molecule has 4 N–H and O–H groups in total. The minimum absolute atomic E-state index is 0.121. The van der Waals surface area contributed by atoms with Crippen LogP contribution in [0.15, 0.2) is 44.9 Å². The van der Waals surface area contributed by atoms with Crippen LogP contribution in [0.2, 0.25) is 0 Å². The van der Waals surface area contributed by atoms with Gasteiger partial charge in [0.25, 0.3) is 5.95 Å². The van der Waals surface area contributed by atoms with Gasteiger partial charge in [0.05, 0.1) is 5.75 Å². The number of rotatable bonds is 9. The van der Waals surface area contributed by atoms with E-state index in [-0.39, 0.29) is 11.7 Å². The van der Waals surface area contributed by atoms with Crippen molar-refractivity contribution in [1.29, 1.82) is 0 Å². The molecule has 3 aromatic rings. The first kappa shape index (κ1) is 22.6. The summed E-state index contributed by atoms with van der Waals surface area (Å²) in [4.78, 5) is 12.3. The summed E-state index contributed by atoms with van der Waals surface area (Å²) in [6.45, 7) is 0. The molecular formula is C19H23N9OS3. The van der Waals surface area contributed by atoms with Crippen LogP contribution in [0.3, 0.4) is 0 Å². The fourth-order valence-electron chi connectivity index (χ4n) is 2.98. The SMILES string of the molecule is Nn1c(NN=C2CCCCC2)nnc1SCC(=O)Nc1nnc(SCc2ccccc2)s1. The van der Waals surface area contributed by atoms with E-state index in [2.05, 4.69) is 48.4 Å². The number of aromatic nitrogens is 5. The number of nitrogens with one attached hydrogen (secondary N) is 2. The Morgan fingerprint density at radius 1 is 1.09 bits per heavy atom. The number of carbonyl (C=O) groups is 1. The van der Waals surface area contributed by atoms with Gasteiger partial charge in [-0.05, 0) is 31.2 Å². The topological polar surface area (TPSA) is 136 Å². The van der Waals surface area contributed by atoms with E-state index >= 15 is 0 Å². The van der Waals surface area contributed by atoms with E-state index in [1.807, 2.05) is 18.2 Å². The number of hydrogen-bond acceptors (Lipinski definition) is 11. The van der Waals surface area contributed by atoms with Crippen molar-refractivity contribution in [3.05, 3.63) is 35.9 Å². The lowest BCUT2D eigenvalue weighted by Crippen LogP contribution is -2.17. The number of hydrazone groups is 1. The first-order valence-corrected chi connectivity index (χ1v) is 12.9. The summed E-state index contributed by atoms with van der Waals surface area (Å²) in [6, 6.07) is 10.1. The van der Waals surface area contributed by atoms with Gasteiger partial charge in [0.2, 0.25) is 16.2 Å². The van der Waals surface area contributed by atoms with Crippen molar-refractivity contribution in [3.63, 3.8) is 0 Å². The van der Waals surface area contributed by atoms with Crippen LogP contribution in [0.1, 0.15) is 37.7 Å². The maximum atomic E-state index is 12.3. The summed E-state index contributed by atoms with van der Waals surface area (Å²) in [5.74, 6) is 7.07. The molecule has 0 spiro atoms. The summed E-state index contributed by atoms with van der Waals surface area (Å²) < 4.78 is 2.10. The van der Waals surface area contributed by atoms with E-state index in [1.54, 1.807) is 11.8 Å². The molecule has 0 saturated heterocycles. The van der Waals surface area contributed by atoms with Gasteiger partial charge in [-0.15, -0.1) is 20.4 Å². The third-order valence-electron chi connectivity index (χ3n) is 4.60. The molecule has 0 unspecified atom stereocenters. The first-order chi connectivity index (χ1) is 15.7. The van der Waals surface area contributed by atoms with Gasteiger partial charge in [-0.2, -0.15) is 5.10 Å². The molecule has 1 fully saturated rings. The molecule has 10 nitrogen and oxygen atoms in total. The van der Waals surface area contributed by atoms with Crippen molar-refractivity contribution >= 4 is 57.6 Å². The smallest absolute Gasteiger partial charge is 0.264 e. The van der Waals surface area contributed by atoms with Crippen LogP contribution >= 0.6 is 34.9 Å². The summed E-state index contributed by atoms with van der Waals surface area (Å²) >= 11 is 4.12. The van der Waals surface area contributed by atoms with E-state index < -0.39 is 0 Å². The average molecular weight is 490 g/mol. The highest BCUT2D eigenvalue weighted by Gasteiger charge is 2.14. The monoisotopic (exact) mass is 489 g/mol. The van der Waals surface area contributed by atoms with Gasteiger partial charge in [-0.25, -0.2) is 10.1 Å². The van der Waals surface area contributed by atoms with Gasteiger partial charge in [-0.3, -0.25) is 10.1 Å². The van der Waals surface area contributed by atoms with Crippen LogP contribution < -0.4 is 16.6 Å². The van der Waals surface area contributed by atoms with E-state index in [0.29, 0.717) is 16.2 Å². The Morgan fingerprint density at radius 2 is 1.91 bits per heavy atom. The molecular weight excluding hydrogens is 466 g/mol. The highest BCUT2D eigenvalue weighted by atomic mass is 32.2. The van der Waals surface area contributed by atoms with E-state index in [1.165, 1.54) is 39.8 Å². The summed E-state index contributed by atoms with van der Waals surface area (Å²) in [6.07, 6.45) is 5.55. The lowest BCUT2D eigenvalue weighted by Gasteiger charge is -2.12. The predicted molar refractivity (Wildman–Crippen MR) is 130 cm³/mol. The zero-order valence-electron chi connectivity index (χ0n) is 17.2. The van der Waals surface area contributed by atoms with Gasteiger partial charge >= 0.3 is 0 Å². The first-order valence-electron chi connectivity index (χ1n) is 10.1. The van der Waals surface area contributed by atoms with Crippen molar-refractivity contribution in [2.45, 2.75) is 47.4 Å². The fraction of sp³-hybridized carbons (Fsp3) is 0.368. The highest BCUT2D eigenvalue weighted by molar-refractivity contribution is 8.00. The number of amides is 1. The van der Waals surface area contributed by atoms with Crippen molar-refractivity contribution in [2.24, 2.45) is 5.10 Å². The minimum Gasteiger partial charge on any atom is -0.334 e. The minimum atomic E-state index is -0.217. The van der Waals surface area contributed by atoms with Crippen LogP contribution in [-0.4, -0.2) is 42.4 Å². The van der Waals surface area contributed by atoms with E-state index in [9.17, 15) is 4.79 Å². The Hall–Kier alpha value is -2.64. The second-order valence-corrected chi connectivity index (χ2v) is 10.2. The van der Waals surface area contributed by atoms with Crippen LogP contribution in [0.5, 0.6) is 0 Å². The quantitative estimate of drug-likeness (QED) is 0.178. The number of nitrogen functional groups attached to an aromatic ring is 1. The van der Waals surface area contributed by atoms with E-state index in [4.69, 9.17) is 5.84 Å². The molecule has 168 valence electrons. The normalized spacial score (nSPS) is 13.7. The maximum absolute atomic E-state index is 12.3. The molecule has 0 radical (unpaired) electrons. The van der Waals surface area contributed by atoms with Gasteiger partial charge in [0.15, 0.2) is 4.34 Å². The largest absolute Gasteiger partial charge is 0.334 e. The number of thioether (sulfide) groups is 2. The predicted octanol–water partition coefficient (Wildman–Crippen LogP) is 3.60. The highest BCUT2D eigenvalue weighted by Crippen LogP contribution is 2.28. The fourth-order valence-corrected chi connectivity index (χ4v) is 5.36. The molecule has 0 bridgehead atoms. The Kier molecular flexibility index (Phi) is 7.96. The number of hydrogen-bond donors (Lipinski definition) is 3. The van der Waals surface area contributed by atoms with Crippen molar-refractivity contribution < 1.29 is 4.79 Å². The lowest BCUT2D eigenvalue weighted by atomic mass is 9.99. The molecule has 1 saturated carbocycles. The standard InChI is InChI=1S/C19H23N9OS3/c20-28-16(23-22-14-9-5-2-6-10-14)24-26-18(28)30-12-15(29)21-17-25-27-19(32-17)31-11-13-7-3-1-4-8-13/h1,3-4,7-8H,2,5-6,9-12,20H2,(H,23,24)(H,21,25,29). The zero-order valence-corrected chi connectivity index (χ0v) is 19.7. The Morgan fingerprint density at radius 3 is 2.72 bits per heavy atom.